The molecule has 0 amide bonds. The average molecular weight is 250 g/mol. The van der Waals surface area contributed by atoms with E-state index in [0.29, 0.717) is 6.04 Å². The van der Waals surface area contributed by atoms with Gasteiger partial charge in [-0.15, -0.1) is 0 Å². The van der Waals surface area contributed by atoms with Crippen molar-refractivity contribution in [3.05, 3.63) is 24.2 Å². The molecule has 1 saturated heterocycles. The third kappa shape index (κ3) is 4.46. The van der Waals surface area contributed by atoms with Gasteiger partial charge in [0.15, 0.2) is 0 Å². The van der Waals surface area contributed by atoms with Gasteiger partial charge >= 0.3 is 0 Å². The Morgan fingerprint density at radius 1 is 1.39 bits per heavy atom. The van der Waals surface area contributed by atoms with Gasteiger partial charge in [-0.05, 0) is 44.0 Å². The third-order valence-corrected chi connectivity index (χ3v) is 3.60. The molecule has 1 aromatic rings. The van der Waals surface area contributed by atoms with Gasteiger partial charge in [-0.2, -0.15) is 0 Å². The zero-order chi connectivity index (χ0) is 12.8. The molecule has 0 saturated carbocycles. The maximum Gasteiger partial charge on any atom is 0.105 e. The molecule has 2 heterocycles. The second-order valence-electron chi connectivity index (χ2n) is 5.75. The number of hydrogen-bond donors (Lipinski definition) is 1. The third-order valence-electron chi connectivity index (χ3n) is 3.60. The Hall–Kier alpha value is -0.800. The molecule has 3 heteroatoms. The maximum absolute atomic E-state index is 5.34. The summed E-state index contributed by atoms with van der Waals surface area (Å²) in [7, 11) is 0. The second-order valence-corrected chi connectivity index (χ2v) is 5.75. The summed E-state index contributed by atoms with van der Waals surface area (Å²) in [6.07, 6.45) is 5.31. The van der Waals surface area contributed by atoms with Crippen LogP contribution >= 0.6 is 0 Å². The predicted octanol–water partition coefficient (Wildman–Crippen LogP) is 2.53. The lowest BCUT2D eigenvalue weighted by molar-refractivity contribution is 0.180. The molecule has 0 aromatic carbocycles. The molecular weight excluding hydrogens is 224 g/mol. The highest BCUT2D eigenvalue weighted by molar-refractivity contribution is 4.98. The Morgan fingerprint density at radius 2 is 2.17 bits per heavy atom. The van der Waals surface area contributed by atoms with Crippen molar-refractivity contribution >= 4 is 0 Å². The van der Waals surface area contributed by atoms with Crippen LogP contribution in [0.2, 0.25) is 0 Å². The van der Waals surface area contributed by atoms with E-state index in [2.05, 4.69) is 24.1 Å². The number of nitrogens with zero attached hydrogens (tertiary/aromatic N) is 1. The molecule has 0 bridgehead atoms. The van der Waals surface area contributed by atoms with Crippen molar-refractivity contribution in [1.82, 2.24) is 10.2 Å². The minimum absolute atomic E-state index is 0.698. The molecule has 0 atom stereocenters. The van der Waals surface area contributed by atoms with E-state index in [9.17, 15) is 0 Å². The number of rotatable bonds is 6. The molecule has 102 valence electrons. The second kappa shape index (κ2) is 6.95. The van der Waals surface area contributed by atoms with Crippen LogP contribution < -0.4 is 5.32 Å². The maximum atomic E-state index is 5.34. The molecule has 1 aromatic heterocycles. The van der Waals surface area contributed by atoms with E-state index in [-0.39, 0.29) is 0 Å². The molecule has 1 fully saturated rings. The molecule has 18 heavy (non-hydrogen) atoms. The summed E-state index contributed by atoms with van der Waals surface area (Å²) in [5.74, 6) is 1.87. The molecule has 2 rings (SSSR count). The van der Waals surface area contributed by atoms with Crippen molar-refractivity contribution in [3.63, 3.8) is 0 Å². The Balaban J connectivity index is 1.59. The van der Waals surface area contributed by atoms with Crippen LogP contribution in [-0.2, 0) is 6.42 Å². The van der Waals surface area contributed by atoms with Crippen LogP contribution in [-0.4, -0.2) is 37.1 Å². The van der Waals surface area contributed by atoms with Gasteiger partial charge in [0, 0.05) is 25.6 Å². The number of likely N-dealkylation sites (tertiary alicyclic amines) is 1. The molecule has 1 N–H and O–H groups in total. The summed E-state index contributed by atoms with van der Waals surface area (Å²) in [6.45, 7) is 9.37. The van der Waals surface area contributed by atoms with Crippen molar-refractivity contribution in [2.24, 2.45) is 5.92 Å². The predicted molar refractivity (Wildman–Crippen MR) is 74.7 cm³/mol. The minimum atomic E-state index is 0.698. The highest BCUT2D eigenvalue weighted by Crippen LogP contribution is 2.12. The molecule has 1 aliphatic rings. The highest BCUT2D eigenvalue weighted by Gasteiger charge is 2.18. The number of piperidine rings is 1. The van der Waals surface area contributed by atoms with Crippen LogP contribution in [0.1, 0.15) is 32.4 Å². The summed E-state index contributed by atoms with van der Waals surface area (Å²) in [5.41, 5.74) is 0. The van der Waals surface area contributed by atoms with E-state index in [4.69, 9.17) is 4.42 Å². The number of furan rings is 1. The van der Waals surface area contributed by atoms with Gasteiger partial charge in [-0.3, -0.25) is 0 Å². The Bertz CT molecular complexity index is 313. The smallest absolute Gasteiger partial charge is 0.105 e. The monoisotopic (exact) mass is 250 g/mol. The molecule has 0 spiro atoms. The Kier molecular flexibility index (Phi) is 5.26. The molecule has 1 aliphatic heterocycles. The van der Waals surface area contributed by atoms with E-state index < -0.39 is 0 Å². The van der Waals surface area contributed by atoms with Gasteiger partial charge in [0.2, 0.25) is 0 Å². The first-order valence-electron chi connectivity index (χ1n) is 7.22. The van der Waals surface area contributed by atoms with Gasteiger partial charge in [0.25, 0.3) is 0 Å². The van der Waals surface area contributed by atoms with E-state index >= 15 is 0 Å². The van der Waals surface area contributed by atoms with Crippen molar-refractivity contribution in [3.8, 4) is 0 Å². The van der Waals surface area contributed by atoms with E-state index in [1.165, 1.54) is 32.5 Å². The van der Waals surface area contributed by atoms with Crippen LogP contribution in [0.25, 0.3) is 0 Å². The standard InChI is InChI=1S/C15H26N2O/c1-13(2)12-17-9-6-14(7-10-17)16-8-5-15-4-3-11-18-15/h3-4,11,13-14,16H,5-10,12H2,1-2H3. The molecule has 0 aliphatic carbocycles. The first-order chi connectivity index (χ1) is 8.74. The molecular formula is C15H26N2O. The SMILES string of the molecule is CC(C)CN1CCC(NCCc2ccco2)CC1. The van der Waals surface area contributed by atoms with E-state index in [1.807, 2.05) is 12.1 Å². The van der Waals surface area contributed by atoms with Crippen LogP contribution in [0.15, 0.2) is 22.8 Å². The normalized spacial score (nSPS) is 18.6. The zero-order valence-corrected chi connectivity index (χ0v) is 11.7. The van der Waals surface area contributed by atoms with Crippen LogP contribution in [0.5, 0.6) is 0 Å². The van der Waals surface area contributed by atoms with Crippen molar-refractivity contribution in [1.29, 1.82) is 0 Å². The molecule has 0 radical (unpaired) electrons. The van der Waals surface area contributed by atoms with Gasteiger partial charge < -0.3 is 14.6 Å². The largest absolute Gasteiger partial charge is 0.469 e. The van der Waals surface area contributed by atoms with Crippen LogP contribution in [0.4, 0.5) is 0 Å². The van der Waals surface area contributed by atoms with Crippen molar-refractivity contribution in [2.75, 3.05) is 26.2 Å². The zero-order valence-electron chi connectivity index (χ0n) is 11.7. The van der Waals surface area contributed by atoms with Crippen LogP contribution in [0, 0.1) is 5.92 Å². The van der Waals surface area contributed by atoms with Gasteiger partial charge in [0.05, 0.1) is 6.26 Å². The fourth-order valence-corrected chi connectivity index (χ4v) is 2.69. The van der Waals surface area contributed by atoms with E-state index in [0.717, 1.165) is 24.6 Å². The molecule has 3 nitrogen and oxygen atoms in total. The lowest BCUT2D eigenvalue weighted by atomic mass is 10.0. The van der Waals surface area contributed by atoms with Gasteiger partial charge in [-0.1, -0.05) is 13.8 Å². The van der Waals surface area contributed by atoms with Gasteiger partial charge in [-0.25, -0.2) is 0 Å². The summed E-state index contributed by atoms with van der Waals surface area (Å²) in [5, 5.41) is 3.65. The number of nitrogens with one attached hydrogen (secondary N) is 1. The minimum Gasteiger partial charge on any atom is -0.469 e. The summed E-state index contributed by atoms with van der Waals surface area (Å²) in [4.78, 5) is 2.59. The number of hydrogen-bond acceptors (Lipinski definition) is 3. The Morgan fingerprint density at radius 3 is 2.78 bits per heavy atom. The topological polar surface area (TPSA) is 28.4 Å². The lowest BCUT2D eigenvalue weighted by Gasteiger charge is -2.33. The summed E-state index contributed by atoms with van der Waals surface area (Å²) >= 11 is 0. The lowest BCUT2D eigenvalue weighted by Crippen LogP contribution is -2.44. The summed E-state index contributed by atoms with van der Waals surface area (Å²) < 4.78 is 5.34. The highest BCUT2D eigenvalue weighted by atomic mass is 16.3. The fourth-order valence-electron chi connectivity index (χ4n) is 2.69. The first kappa shape index (κ1) is 13.6. The van der Waals surface area contributed by atoms with Gasteiger partial charge in [0.1, 0.15) is 5.76 Å². The van der Waals surface area contributed by atoms with Crippen molar-refractivity contribution < 1.29 is 4.42 Å². The Labute approximate surface area is 111 Å². The summed E-state index contributed by atoms with van der Waals surface area (Å²) in [6, 6.07) is 4.70. The average Bonchev–Trinajstić information content (AvgIpc) is 2.84. The van der Waals surface area contributed by atoms with E-state index in [1.54, 1.807) is 6.26 Å². The first-order valence-corrected chi connectivity index (χ1v) is 7.22. The quantitative estimate of drug-likeness (QED) is 0.841. The molecule has 0 unspecified atom stereocenters. The van der Waals surface area contributed by atoms with Crippen LogP contribution in [0.3, 0.4) is 0 Å². The fraction of sp³-hybridized carbons (Fsp3) is 0.733. The van der Waals surface area contributed by atoms with Crippen molar-refractivity contribution in [2.45, 2.75) is 39.2 Å².